The molecule has 0 radical (unpaired) electrons. The lowest BCUT2D eigenvalue weighted by atomic mass is 10.0. The van der Waals surface area contributed by atoms with Gasteiger partial charge in [-0.1, -0.05) is 18.2 Å². The summed E-state index contributed by atoms with van der Waals surface area (Å²) in [5, 5.41) is 13.0. The molecule has 1 unspecified atom stereocenters. The molecule has 1 atom stereocenters. The van der Waals surface area contributed by atoms with Crippen molar-refractivity contribution in [3.63, 3.8) is 0 Å². The number of carbonyl (C=O) groups is 2. The van der Waals surface area contributed by atoms with Gasteiger partial charge in [-0.2, -0.15) is 0 Å². The van der Waals surface area contributed by atoms with Crippen LogP contribution in [0.3, 0.4) is 0 Å². The molecule has 4 aromatic rings. The smallest absolute Gasteiger partial charge is 0.326 e. The first kappa shape index (κ1) is 15.9. The number of aromatic nitrogens is 2. The van der Waals surface area contributed by atoms with E-state index in [0.717, 1.165) is 16.5 Å². The summed E-state index contributed by atoms with van der Waals surface area (Å²) in [4.78, 5) is 31.2. The average molecular weight is 349 g/mol. The van der Waals surface area contributed by atoms with Gasteiger partial charge in [0.15, 0.2) is 12.0 Å². The molecule has 7 heteroatoms. The van der Waals surface area contributed by atoms with Gasteiger partial charge in [0.05, 0.1) is 0 Å². The van der Waals surface area contributed by atoms with Gasteiger partial charge in [-0.05, 0) is 29.8 Å². The molecule has 0 saturated heterocycles. The molecule has 2 aromatic carbocycles. The van der Waals surface area contributed by atoms with Crippen LogP contribution >= 0.6 is 0 Å². The Morgan fingerprint density at radius 3 is 2.92 bits per heavy atom. The van der Waals surface area contributed by atoms with Gasteiger partial charge >= 0.3 is 5.97 Å². The second-order valence-electron chi connectivity index (χ2n) is 5.96. The molecule has 130 valence electrons. The lowest BCUT2D eigenvalue weighted by Crippen LogP contribution is -2.42. The van der Waals surface area contributed by atoms with Crippen LogP contribution in [-0.4, -0.2) is 33.0 Å². The molecule has 7 nitrogen and oxygen atoms in total. The summed E-state index contributed by atoms with van der Waals surface area (Å²) in [6.45, 7) is 0. The van der Waals surface area contributed by atoms with E-state index in [4.69, 9.17) is 4.42 Å². The van der Waals surface area contributed by atoms with Crippen LogP contribution in [0, 0.1) is 0 Å². The second kappa shape index (κ2) is 6.36. The van der Waals surface area contributed by atoms with Crippen molar-refractivity contribution in [1.82, 2.24) is 15.3 Å². The minimum absolute atomic E-state index is 0.178. The van der Waals surface area contributed by atoms with Crippen molar-refractivity contribution >= 4 is 33.9 Å². The van der Waals surface area contributed by atoms with E-state index in [-0.39, 0.29) is 6.42 Å². The summed E-state index contributed by atoms with van der Waals surface area (Å²) in [6, 6.07) is 11.4. The first-order chi connectivity index (χ1) is 12.6. The van der Waals surface area contributed by atoms with Crippen molar-refractivity contribution in [2.24, 2.45) is 0 Å². The Bertz CT molecular complexity index is 1110. The minimum Gasteiger partial charge on any atom is -0.480 e. The third-order valence-electron chi connectivity index (χ3n) is 4.29. The van der Waals surface area contributed by atoms with Crippen LogP contribution in [0.2, 0.25) is 0 Å². The maximum atomic E-state index is 12.5. The lowest BCUT2D eigenvalue weighted by Gasteiger charge is -2.14. The van der Waals surface area contributed by atoms with E-state index in [1.54, 1.807) is 24.4 Å². The number of carbonyl (C=O) groups excluding carboxylic acids is 1. The zero-order chi connectivity index (χ0) is 18.1. The molecule has 26 heavy (non-hydrogen) atoms. The van der Waals surface area contributed by atoms with Gasteiger partial charge in [0.2, 0.25) is 0 Å². The van der Waals surface area contributed by atoms with Crippen LogP contribution in [0.15, 0.2) is 59.5 Å². The standard InChI is InChI=1S/C19H15N3O4/c23-18(11-5-6-17-15(7-11)21-10-26-17)22-16(19(24)25)8-12-9-20-14-4-2-1-3-13(12)14/h1-7,9-10,16,20H,8H2,(H,22,23)(H,24,25). The van der Waals surface area contributed by atoms with Gasteiger partial charge in [-0.25, -0.2) is 9.78 Å². The molecular formula is C19H15N3O4. The summed E-state index contributed by atoms with van der Waals surface area (Å²) in [5.74, 6) is -1.56. The molecule has 3 N–H and O–H groups in total. The summed E-state index contributed by atoms with van der Waals surface area (Å²) >= 11 is 0. The molecule has 0 fully saturated rings. The number of aromatic amines is 1. The molecule has 0 aliphatic heterocycles. The fourth-order valence-electron chi connectivity index (χ4n) is 2.96. The van der Waals surface area contributed by atoms with Crippen LogP contribution < -0.4 is 5.32 Å². The Morgan fingerprint density at radius 2 is 2.08 bits per heavy atom. The van der Waals surface area contributed by atoms with E-state index in [0.29, 0.717) is 16.7 Å². The highest BCUT2D eigenvalue weighted by atomic mass is 16.4. The highest BCUT2D eigenvalue weighted by Gasteiger charge is 2.22. The van der Waals surface area contributed by atoms with E-state index in [1.807, 2.05) is 24.3 Å². The van der Waals surface area contributed by atoms with E-state index >= 15 is 0 Å². The number of carboxylic acid groups (broad SMARTS) is 1. The number of hydrogen-bond acceptors (Lipinski definition) is 4. The van der Waals surface area contributed by atoms with Crippen LogP contribution in [0.4, 0.5) is 0 Å². The first-order valence-electron chi connectivity index (χ1n) is 8.04. The monoisotopic (exact) mass is 349 g/mol. The predicted octanol–water partition coefficient (Wildman–Crippen LogP) is 2.73. The van der Waals surface area contributed by atoms with Crippen molar-refractivity contribution in [3.8, 4) is 0 Å². The fraction of sp³-hybridized carbons (Fsp3) is 0.105. The van der Waals surface area contributed by atoms with Gasteiger partial charge < -0.3 is 19.8 Å². The van der Waals surface area contributed by atoms with Crippen molar-refractivity contribution in [2.45, 2.75) is 12.5 Å². The molecule has 2 aromatic heterocycles. The number of nitrogens with zero attached hydrogens (tertiary/aromatic N) is 1. The predicted molar refractivity (Wildman–Crippen MR) is 94.9 cm³/mol. The number of benzene rings is 2. The van der Waals surface area contributed by atoms with Crippen molar-refractivity contribution in [1.29, 1.82) is 0 Å². The van der Waals surface area contributed by atoms with Crippen molar-refractivity contribution in [2.75, 3.05) is 0 Å². The molecule has 0 saturated carbocycles. The number of oxazole rings is 1. The molecule has 1 amide bonds. The molecular weight excluding hydrogens is 334 g/mol. The third-order valence-corrected chi connectivity index (χ3v) is 4.29. The molecule has 0 bridgehead atoms. The Kier molecular flexibility index (Phi) is 3.89. The Morgan fingerprint density at radius 1 is 1.23 bits per heavy atom. The average Bonchev–Trinajstić information content (AvgIpc) is 3.27. The Balaban J connectivity index is 1.56. The number of carboxylic acids is 1. The molecule has 4 rings (SSSR count). The maximum Gasteiger partial charge on any atom is 0.326 e. The highest BCUT2D eigenvalue weighted by molar-refractivity contribution is 5.99. The van der Waals surface area contributed by atoms with Crippen LogP contribution in [-0.2, 0) is 11.2 Å². The molecule has 2 heterocycles. The molecule has 0 aliphatic carbocycles. The van der Waals surface area contributed by atoms with Crippen LogP contribution in [0.5, 0.6) is 0 Å². The zero-order valence-corrected chi connectivity index (χ0v) is 13.6. The molecule has 0 spiro atoms. The Hall–Kier alpha value is -3.61. The fourth-order valence-corrected chi connectivity index (χ4v) is 2.96. The van der Waals surface area contributed by atoms with Gasteiger partial charge in [0.1, 0.15) is 11.6 Å². The number of fused-ring (bicyclic) bond motifs is 2. The summed E-state index contributed by atoms with van der Waals surface area (Å²) in [7, 11) is 0. The van der Waals surface area contributed by atoms with Crippen molar-refractivity contribution < 1.29 is 19.1 Å². The number of H-pyrrole nitrogens is 1. The number of rotatable bonds is 5. The van der Waals surface area contributed by atoms with E-state index in [1.165, 1.54) is 6.39 Å². The van der Waals surface area contributed by atoms with E-state index < -0.39 is 17.9 Å². The van der Waals surface area contributed by atoms with Gasteiger partial charge in [0.25, 0.3) is 5.91 Å². The lowest BCUT2D eigenvalue weighted by molar-refractivity contribution is -0.139. The topological polar surface area (TPSA) is 108 Å². The quantitative estimate of drug-likeness (QED) is 0.513. The number of aliphatic carboxylic acids is 1. The van der Waals surface area contributed by atoms with Crippen molar-refractivity contribution in [3.05, 3.63) is 66.2 Å². The first-order valence-corrected chi connectivity index (χ1v) is 8.04. The molecule has 0 aliphatic rings. The SMILES string of the molecule is O=C(NC(Cc1c[nH]c2ccccc12)C(=O)O)c1ccc2ocnc2c1. The number of nitrogens with one attached hydrogen (secondary N) is 2. The number of hydrogen-bond donors (Lipinski definition) is 3. The summed E-state index contributed by atoms with van der Waals surface area (Å²) < 4.78 is 5.14. The van der Waals surface area contributed by atoms with Gasteiger partial charge in [0, 0.05) is 29.1 Å². The normalized spacial score (nSPS) is 12.3. The second-order valence-corrected chi connectivity index (χ2v) is 5.96. The summed E-state index contributed by atoms with van der Waals surface area (Å²) in [5.41, 5.74) is 3.20. The van der Waals surface area contributed by atoms with E-state index in [2.05, 4.69) is 15.3 Å². The van der Waals surface area contributed by atoms with Gasteiger partial charge in [-0.3, -0.25) is 4.79 Å². The maximum absolute atomic E-state index is 12.5. The number of para-hydroxylation sites is 1. The van der Waals surface area contributed by atoms with E-state index in [9.17, 15) is 14.7 Å². The zero-order valence-electron chi connectivity index (χ0n) is 13.6. The Labute approximate surface area is 147 Å². The minimum atomic E-state index is -1.09. The largest absolute Gasteiger partial charge is 0.480 e. The number of amides is 1. The van der Waals surface area contributed by atoms with Crippen LogP contribution in [0.25, 0.3) is 22.0 Å². The summed E-state index contributed by atoms with van der Waals surface area (Å²) in [6.07, 6.45) is 3.24. The van der Waals surface area contributed by atoms with Gasteiger partial charge in [-0.15, -0.1) is 0 Å². The van der Waals surface area contributed by atoms with Crippen LogP contribution in [0.1, 0.15) is 15.9 Å². The highest BCUT2D eigenvalue weighted by Crippen LogP contribution is 2.19. The third kappa shape index (κ3) is 2.90.